The van der Waals surface area contributed by atoms with E-state index in [0.29, 0.717) is 17.1 Å². The highest BCUT2D eigenvalue weighted by Crippen LogP contribution is 2.41. The number of ether oxygens (including phenoxy) is 3. The Kier molecular flexibility index (Phi) is 7.62. The summed E-state index contributed by atoms with van der Waals surface area (Å²) >= 11 is 0. The Hall–Kier alpha value is -2.43. The van der Waals surface area contributed by atoms with Crippen molar-refractivity contribution in [3.63, 3.8) is 0 Å². The monoisotopic (exact) mass is 400 g/mol. The molecule has 1 unspecified atom stereocenters. The normalized spacial score (nSPS) is 15.3. The van der Waals surface area contributed by atoms with Gasteiger partial charge in [-0.3, -0.25) is 0 Å². The van der Waals surface area contributed by atoms with Gasteiger partial charge in [0.05, 0.1) is 14.2 Å². The molecule has 0 aliphatic carbocycles. The minimum atomic E-state index is -0.295. The minimum Gasteiger partial charge on any atom is -0.497 e. The molecular formula is C24H32O5. The number of cyclic esters (lactones) is 1. The molecule has 1 aliphatic rings. The van der Waals surface area contributed by atoms with Crippen LogP contribution in [-0.2, 0) is 11.2 Å². The minimum absolute atomic E-state index is 0.196. The van der Waals surface area contributed by atoms with Crippen molar-refractivity contribution in [2.24, 2.45) is 0 Å². The van der Waals surface area contributed by atoms with E-state index in [4.69, 9.17) is 18.6 Å². The van der Waals surface area contributed by atoms with Crippen LogP contribution in [-0.4, -0.2) is 20.2 Å². The fraction of sp³-hybridized carbons (Fsp3) is 0.542. The van der Waals surface area contributed by atoms with Crippen LogP contribution in [0.2, 0.25) is 0 Å². The number of hydrogen-bond acceptors (Lipinski definition) is 5. The van der Waals surface area contributed by atoms with Crippen molar-refractivity contribution in [1.82, 2.24) is 0 Å². The maximum absolute atomic E-state index is 12.2. The van der Waals surface area contributed by atoms with Crippen molar-refractivity contribution in [2.75, 3.05) is 14.2 Å². The molecule has 0 amide bonds. The zero-order valence-corrected chi connectivity index (χ0v) is 17.8. The van der Waals surface area contributed by atoms with Crippen LogP contribution in [0.5, 0.6) is 11.5 Å². The number of furan rings is 1. The maximum Gasteiger partial charge on any atom is 0.342 e. The largest absolute Gasteiger partial charge is 0.497 e. The molecule has 1 aromatic heterocycles. The van der Waals surface area contributed by atoms with E-state index < -0.39 is 0 Å². The Balaban J connectivity index is 1.34. The first-order valence-corrected chi connectivity index (χ1v) is 10.6. The van der Waals surface area contributed by atoms with Crippen LogP contribution in [0.4, 0.5) is 0 Å². The van der Waals surface area contributed by atoms with Crippen molar-refractivity contribution in [1.29, 1.82) is 0 Å². The number of carbonyl (C=O) groups excluding carboxylic acids is 1. The number of carbonyl (C=O) groups is 1. The highest BCUT2D eigenvalue weighted by molar-refractivity contribution is 5.97. The smallest absolute Gasteiger partial charge is 0.342 e. The summed E-state index contributed by atoms with van der Waals surface area (Å²) < 4.78 is 21.9. The topological polar surface area (TPSA) is 57.9 Å². The number of esters is 1. The molecular weight excluding hydrogens is 368 g/mol. The van der Waals surface area contributed by atoms with Crippen LogP contribution >= 0.6 is 0 Å². The lowest BCUT2D eigenvalue weighted by molar-refractivity contribution is 0.0361. The zero-order chi connectivity index (χ0) is 20.6. The Morgan fingerprint density at radius 1 is 0.931 bits per heavy atom. The molecule has 1 aliphatic heterocycles. The third kappa shape index (κ3) is 5.55. The molecule has 5 heteroatoms. The number of benzene rings is 1. The van der Waals surface area contributed by atoms with Gasteiger partial charge in [-0.2, -0.15) is 0 Å². The molecule has 0 fully saturated rings. The maximum atomic E-state index is 12.2. The third-order valence-electron chi connectivity index (χ3n) is 5.55. The van der Waals surface area contributed by atoms with E-state index in [0.717, 1.165) is 42.8 Å². The molecule has 0 radical (unpaired) electrons. The van der Waals surface area contributed by atoms with Gasteiger partial charge in [0.2, 0.25) is 0 Å². The molecule has 5 nitrogen and oxygen atoms in total. The van der Waals surface area contributed by atoms with Gasteiger partial charge in [0.25, 0.3) is 0 Å². The zero-order valence-electron chi connectivity index (χ0n) is 17.8. The van der Waals surface area contributed by atoms with Crippen LogP contribution < -0.4 is 9.47 Å². The van der Waals surface area contributed by atoms with E-state index in [1.807, 2.05) is 19.1 Å². The molecule has 29 heavy (non-hydrogen) atoms. The molecule has 0 spiro atoms. The van der Waals surface area contributed by atoms with Gasteiger partial charge in [-0.1, -0.05) is 32.1 Å². The van der Waals surface area contributed by atoms with Gasteiger partial charge in [-0.25, -0.2) is 4.79 Å². The number of rotatable bonds is 12. The first kappa shape index (κ1) is 21.3. The molecule has 0 saturated heterocycles. The molecule has 1 aromatic carbocycles. The number of unbranched alkanes of at least 4 members (excludes halogenated alkanes) is 6. The lowest BCUT2D eigenvalue weighted by Crippen LogP contribution is -1.99. The van der Waals surface area contributed by atoms with Crippen molar-refractivity contribution >= 4 is 5.97 Å². The summed E-state index contributed by atoms with van der Waals surface area (Å²) in [5, 5.41) is 0. The van der Waals surface area contributed by atoms with Crippen LogP contribution in [0, 0.1) is 6.92 Å². The molecule has 0 N–H and O–H groups in total. The highest BCUT2D eigenvalue weighted by Gasteiger charge is 2.34. The average Bonchev–Trinajstić information content (AvgIpc) is 3.28. The second-order valence-corrected chi connectivity index (χ2v) is 7.71. The van der Waals surface area contributed by atoms with Crippen LogP contribution in [0.15, 0.2) is 28.7 Å². The summed E-state index contributed by atoms with van der Waals surface area (Å²) in [6.45, 7) is 1.99. The fourth-order valence-electron chi connectivity index (χ4n) is 3.96. The quantitative estimate of drug-likeness (QED) is 0.314. The van der Waals surface area contributed by atoms with Crippen molar-refractivity contribution < 1.29 is 23.4 Å². The van der Waals surface area contributed by atoms with Crippen molar-refractivity contribution in [3.05, 3.63) is 46.9 Å². The molecule has 1 atom stereocenters. The van der Waals surface area contributed by atoms with Crippen LogP contribution in [0.3, 0.4) is 0 Å². The summed E-state index contributed by atoms with van der Waals surface area (Å²) in [7, 11) is 3.18. The Bertz CT molecular complexity index is 808. The van der Waals surface area contributed by atoms with Gasteiger partial charge in [0.1, 0.15) is 34.7 Å². The average molecular weight is 401 g/mol. The number of aryl methyl sites for hydroxylation is 2. The molecule has 0 bridgehead atoms. The van der Waals surface area contributed by atoms with Gasteiger partial charge in [0, 0.05) is 18.1 Å². The fourth-order valence-corrected chi connectivity index (χ4v) is 3.96. The highest BCUT2D eigenvalue weighted by atomic mass is 16.6. The predicted octanol–water partition coefficient (Wildman–Crippen LogP) is 6.18. The van der Waals surface area contributed by atoms with Gasteiger partial charge in [-0.15, -0.1) is 0 Å². The summed E-state index contributed by atoms with van der Waals surface area (Å²) in [6, 6.07) is 7.74. The molecule has 0 saturated carbocycles. The SMILES string of the molecule is COc1cc(OC)c2c(c1)C(CCCCCCCCCc1ccc(C)o1)OC2=O. The van der Waals surface area contributed by atoms with E-state index >= 15 is 0 Å². The first-order valence-electron chi connectivity index (χ1n) is 10.6. The predicted molar refractivity (Wildman–Crippen MR) is 112 cm³/mol. The Morgan fingerprint density at radius 2 is 1.66 bits per heavy atom. The molecule has 158 valence electrons. The number of fused-ring (bicyclic) bond motifs is 1. The van der Waals surface area contributed by atoms with Crippen molar-refractivity contribution in [2.45, 2.75) is 70.8 Å². The molecule has 2 aromatic rings. The number of methoxy groups -OCH3 is 2. The summed E-state index contributed by atoms with van der Waals surface area (Å²) in [6.07, 6.45) is 10.0. The van der Waals surface area contributed by atoms with Gasteiger partial charge in [0.15, 0.2) is 0 Å². The third-order valence-corrected chi connectivity index (χ3v) is 5.55. The van der Waals surface area contributed by atoms with Gasteiger partial charge >= 0.3 is 5.97 Å². The van der Waals surface area contributed by atoms with Gasteiger partial charge < -0.3 is 18.6 Å². The lowest BCUT2D eigenvalue weighted by Gasteiger charge is -2.12. The standard InChI is InChI=1S/C24H32O5/c1-17-13-14-18(28-17)11-9-7-5-4-6-8-10-12-21-20-15-19(26-2)16-22(27-3)23(20)24(25)29-21/h13-16,21H,4-12H2,1-3H3. The van der Waals surface area contributed by atoms with E-state index in [1.54, 1.807) is 20.3 Å². The Morgan fingerprint density at radius 3 is 2.31 bits per heavy atom. The van der Waals surface area contributed by atoms with Crippen LogP contribution in [0.1, 0.15) is 84.9 Å². The van der Waals surface area contributed by atoms with Gasteiger partial charge in [-0.05, 0) is 44.4 Å². The first-order chi connectivity index (χ1) is 14.1. The van der Waals surface area contributed by atoms with E-state index in [-0.39, 0.29) is 12.1 Å². The van der Waals surface area contributed by atoms with E-state index in [1.165, 1.54) is 32.1 Å². The lowest BCUT2D eigenvalue weighted by atomic mass is 9.98. The molecule has 2 heterocycles. The van der Waals surface area contributed by atoms with Crippen molar-refractivity contribution in [3.8, 4) is 11.5 Å². The second kappa shape index (κ2) is 10.4. The summed E-state index contributed by atoms with van der Waals surface area (Å²) in [5.74, 6) is 3.01. The Labute approximate surface area is 173 Å². The van der Waals surface area contributed by atoms with E-state index in [9.17, 15) is 4.79 Å². The summed E-state index contributed by atoms with van der Waals surface area (Å²) in [4.78, 5) is 12.2. The number of hydrogen-bond donors (Lipinski definition) is 0. The van der Waals surface area contributed by atoms with E-state index in [2.05, 4.69) is 6.07 Å². The molecule has 3 rings (SSSR count). The summed E-state index contributed by atoms with van der Waals surface area (Å²) in [5.41, 5.74) is 1.43. The van der Waals surface area contributed by atoms with Crippen LogP contribution in [0.25, 0.3) is 0 Å². The second-order valence-electron chi connectivity index (χ2n) is 7.71.